The molecule has 1 aliphatic heterocycles. The maximum Gasteiger partial charge on any atom is 0.0788 e. The van der Waals surface area contributed by atoms with Crippen molar-refractivity contribution >= 4 is 0 Å². The molecule has 0 aliphatic carbocycles. The Morgan fingerprint density at radius 2 is 1.57 bits per heavy atom. The lowest BCUT2D eigenvalue weighted by atomic mass is 9.82. The first-order valence-corrected chi connectivity index (χ1v) is 8.74. The first kappa shape index (κ1) is 18.9. The molecule has 2 N–H and O–H groups in total. The molecule has 126 valence electrons. The lowest BCUT2D eigenvalue weighted by Gasteiger charge is -2.38. The van der Waals surface area contributed by atoms with Crippen LogP contribution in [-0.4, -0.2) is 41.3 Å². The largest absolute Gasteiger partial charge is 0.368 e. The van der Waals surface area contributed by atoms with Crippen molar-refractivity contribution in [1.29, 1.82) is 0 Å². The number of ether oxygens (including phenoxy) is 1. The van der Waals surface area contributed by atoms with Gasteiger partial charge in [-0.1, -0.05) is 27.7 Å². The second kappa shape index (κ2) is 6.97. The van der Waals surface area contributed by atoms with Crippen molar-refractivity contribution in [3.05, 3.63) is 0 Å². The van der Waals surface area contributed by atoms with Crippen LogP contribution in [0.3, 0.4) is 0 Å². The number of nitrogens with zero attached hydrogens (tertiary/aromatic N) is 1. The van der Waals surface area contributed by atoms with Crippen LogP contribution in [0.25, 0.3) is 0 Å². The molecule has 1 aliphatic rings. The van der Waals surface area contributed by atoms with Crippen molar-refractivity contribution in [1.82, 2.24) is 4.90 Å². The number of hydrogen-bond acceptors (Lipinski definition) is 3. The molecule has 0 radical (unpaired) electrons. The first-order chi connectivity index (χ1) is 9.55. The fourth-order valence-corrected chi connectivity index (χ4v) is 3.97. The highest BCUT2D eigenvalue weighted by atomic mass is 16.5. The summed E-state index contributed by atoms with van der Waals surface area (Å²) in [4.78, 5) is 2.65. The monoisotopic (exact) mass is 298 g/mol. The van der Waals surface area contributed by atoms with Gasteiger partial charge in [0.2, 0.25) is 0 Å². The summed E-state index contributed by atoms with van der Waals surface area (Å²) in [6.07, 6.45) is 2.41. The van der Waals surface area contributed by atoms with E-state index in [0.717, 1.165) is 13.1 Å². The Bertz CT molecular complexity index is 321. The summed E-state index contributed by atoms with van der Waals surface area (Å²) in [5.41, 5.74) is 6.16. The van der Waals surface area contributed by atoms with E-state index >= 15 is 0 Å². The zero-order chi connectivity index (χ0) is 16.4. The molecule has 1 saturated heterocycles. The van der Waals surface area contributed by atoms with E-state index in [0.29, 0.717) is 17.9 Å². The van der Waals surface area contributed by atoms with E-state index < -0.39 is 0 Å². The van der Waals surface area contributed by atoms with Gasteiger partial charge in [-0.25, -0.2) is 0 Å². The van der Waals surface area contributed by atoms with Gasteiger partial charge >= 0.3 is 0 Å². The Balaban J connectivity index is 2.91. The Labute approximate surface area is 132 Å². The summed E-state index contributed by atoms with van der Waals surface area (Å²) < 4.78 is 6.26. The van der Waals surface area contributed by atoms with Crippen molar-refractivity contribution in [2.45, 2.75) is 91.5 Å². The quantitative estimate of drug-likeness (QED) is 0.779. The van der Waals surface area contributed by atoms with Crippen LogP contribution < -0.4 is 5.73 Å². The van der Waals surface area contributed by atoms with Crippen molar-refractivity contribution in [3.63, 3.8) is 0 Å². The maximum atomic E-state index is 6.54. The average Bonchev–Trinajstić information content (AvgIpc) is 2.48. The third-order valence-electron chi connectivity index (χ3n) is 5.15. The van der Waals surface area contributed by atoms with Crippen LogP contribution >= 0.6 is 0 Å². The minimum absolute atomic E-state index is 0.0940. The van der Waals surface area contributed by atoms with Crippen LogP contribution in [-0.2, 0) is 4.74 Å². The van der Waals surface area contributed by atoms with E-state index in [4.69, 9.17) is 10.5 Å². The van der Waals surface area contributed by atoms with E-state index in [-0.39, 0.29) is 17.2 Å². The Hall–Kier alpha value is -0.120. The average molecular weight is 299 g/mol. The highest BCUT2D eigenvalue weighted by molar-refractivity contribution is 5.05. The van der Waals surface area contributed by atoms with Gasteiger partial charge in [0.15, 0.2) is 0 Å². The van der Waals surface area contributed by atoms with E-state index in [9.17, 15) is 0 Å². The molecule has 0 saturated carbocycles. The van der Waals surface area contributed by atoms with Crippen LogP contribution in [0, 0.1) is 11.8 Å². The lowest BCUT2D eigenvalue weighted by molar-refractivity contribution is -0.0795. The third-order valence-corrected chi connectivity index (χ3v) is 5.15. The second-order valence-electron chi connectivity index (χ2n) is 8.26. The molecule has 21 heavy (non-hydrogen) atoms. The van der Waals surface area contributed by atoms with Gasteiger partial charge in [-0.3, -0.25) is 4.90 Å². The number of nitrogens with two attached hydrogens (primary N) is 1. The standard InChI is InChI=1S/C18H38N2O/c1-9-14(10-2)20(11-13(3)4)12-15-16(19)18(7,8)21-17(15,5)6/h13-16H,9-12,19H2,1-8H3. The fraction of sp³-hybridized carbons (Fsp3) is 1.00. The molecule has 3 heteroatoms. The van der Waals surface area contributed by atoms with E-state index in [1.807, 2.05) is 0 Å². The molecule has 0 aromatic heterocycles. The predicted molar refractivity (Wildman–Crippen MR) is 91.5 cm³/mol. The van der Waals surface area contributed by atoms with Crippen molar-refractivity contribution in [2.24, 2.45) is 17.6 Å². The van der Waals surface area contributed by atoms with Gasteiger partial charge in [0.05, 0.1) is 11.2 Å². The summed E-state index contributed by atoms with van der Waals surface area (Å²) in [5.74, 6) is 1.06. The smallest absolute Gasteiger partial charge is 0.0788 e. The van der Waals surface area contributed by atoms with E-state index in [2.05, 4.69) is 60.3 Å². The number of hydrogen-bond donors (Lipinski definition) is 1. The highest BCUT2D eigenvalue weighted by Crippen LogP contribution is 2.41. The Morgan fingerprint density at radius 3 is 1.90 bits per heavy atom. The molecule has 1 fully saturated rings. The third kappa shape index (κ3) is 4.43. The topological polar surface area (TPSA) is 38.5 Å². The molecule has 2 unspecified atom stereocenters. The molecule has 0 aromatic carbocycles. The molecule has 2 atom stereocenters. The van der Waals surface area contributed by atoms with Crippen molar-refractivity contribution in [3.8, 4) is 0 Å². The summed E-state index contributed by atoms with van der Waals surface area (Å²) in [6.45, 7) is 20.0. The molecule has 1 rings (SSSR count). The van der Waals surface area contributed by atoms with E-state index in [1.165, 1.54) is 12.8 Å². The lowest BCUT2D eigenvalue weighted by Crippen LogP contribution is -2.50. The van der Waals surface area contributed by atoms with Gasteiger partial charge in [-0.15, -0.1) is 0 Å². The van der Waals surface area contributed by atoms with Gasteiger partial charge in [0.25, 0.3) is 0 Å². The summed E-state index contributed by atoms with van der Waals surface area (Å²) in [5, 5.41) is 0. The van der Waals surface area contributed by atoms with Gasteiger partial charge in [0, 0.05) is 31.1 Å². The zero-order valence-electron chi connectivity index (χ0n) is 15.6. The molecule has 0 amide bonds. The van der Waals surface area contributed by atoms with Crippen LogP contribution in [0.5, 0.6) is 0 Å². The second-order valence-corrected chi connectivity index (χ2v) is 8.26. The fourth-order valence-electron chi connectivity index (χ4n) is 3.97. The van der Waals surface area contributed by atoms with Crippen LogP contribution in [0.15, 0.2) is 0 Å². The van der Waals surface area contributed by atoms with E-state index in [1.54, 1.807) is 0 Å². The van der Waals surface area contributed by atoms with Crippen LogP contribution in [0.1, 0.15) is 68.2 Å². The number of rotatable bonds is 7. The van der Waals surface area contributed by atoms with Crippen LogP contribution in [0.2, 0.25) is 0 Å². The molecule has 3 nitrogen and oxygen atoms in total. The SMILES string of the molecule is CCC(CC)N(CC(C)C)CC1C(N)C(C)(C)OC1(C)C. The molecular formula is C18H38N2O. The minimum Gasteiger partial charge on any atom is -0.368 e. The van der Waals surface area contributed by atoms with Crippen molar-refractivity contribution in [2.75, 3.05) is 13.1 Å². The van der Waals surface area contributed by atoms with Gasteiger partial charge in [-0.05, 0) is 46.5 Å². The predicted octanol–water partition coefficient (Wildman–Crippen LogP) is 3.66. The molecular weight excluding hydrogens is 260 g/mol. The Kier molecular flexibility index (Phi) is 6.28. The van der Waals surface area contributed by atoms with Crippen LogP contribution in [0.4, 0.5) is 0 Å². The molecule has 1 heterocycles. The normalized spacial score (nSPS) is 28.0. The first-order valence-electron chi connectivity index (χ1n) is 8.74. The highest BCUT2D eigenvalue weighted by Gasteiger charge is 2.52. The molecule has 0 spiro atoms. The Morgan fingerprint density at radius 1 is 1.05 bits per heavy atom. The summed E-state index contributed by atoms with van der Waals surface area (Å²) >= 11 is 0. The summed E-state index contributed by atoms with van der Waals surface area (Å²) in [7, 11) is 0. The molecule has 0 aromatic rings. The van der Waals surface area contributed by atoms with Gasteiger partial charge in [-0.2, -0.15) is 0 Å². The molecule has 0 bridgehead atoms. The van der Waals surface area contributed by atoms with Gasteiger partial charge < -0.3 is 10.5 Å². The van der Waals surface area contributed by atoms with Gasteiger partial charge in [0.1, 0.15) is 0 Å². The van der Waals surface area contributed by atoms with Crippen molar-refractivity contribution < 1.29 is 4.74 Å². The zero-order valence-corrected chi connectivity index (χ0v) is 15.6. The summed E-state index contributed by atoms with van der Waals surface area (Å²) in [6, 6.07) is 0.746. The maximum absolute atomic E-state index is 6.54. The minimum atomic E-state index is -0.231.